The van der Waals surface area contributed by atoms with Gasteiger partial charge in [-0.2, -0.15) is 0 Å². The van der Waals surface area contributed by atoms with Crippen LogP contribution < -0.4 is 20.7 Å². The standard InChI is InChI=1S/C31H36N4O9/c1-34(2)18-11-17(33-12-13-6-7-20(44-5)19(36)8-13)25(37)22-15(18)9-14-10-16-24(35(3)4)27(39)23(30(32)42)29(41)31(16,43)28(40)21(14)26(22)38/h6-8,11,14,16,21,23-24,33,36-37,43H,9-10,12H2,1-5H3,(H2,32,42). The van der Waals surface area contributed by atoms with Crippen molar-refractivity contribution >= 4 is 40.4 Å². The number of likely N-dealkylation sites (N-methyl/N-ethyl adjacent to an activating group) is 1. The minimum atomic E-state index is -2.79. The number of phenols is 2. The smallest absolute Gasteiger partial charge is 0.235 e. The summed E-state index contributed by atoms with van der Waals surface area (Å²) in [6, 6.07) is 5.31. The van der Waals surface area contributed by atoms with Gasteiger partial charge in [-0.1, -0.05) is 6.07 Å². The summed E-state index contributed by atoms with van der Waals surface area (Å²) in [7, 11) is 8.05. The Morgan fingerprint density at radius 1 is 1.09 bits per heavy atom. The van der Waals surface area contributed by atoms with Crippen LogP contribution in [-0.4, -0.2) is 96.2 Å². The van der Waals surface area contributed by atoms with Gasteiger partial charge < -0.3 is 36.0 Å². The average molecular weight is 609 g/mol. The highest BCUT2D eigenvalue weighted by Gasteiger charge is 2.69. The number of anilines is 2. The highest BCUT2D eigenvalue weighted by molar-refractivity contribution is 6.32. The van der Waals surface area contributed by atoms with Crippen molar-refractivity contribution in [2.75, 3.05) is 45.5 Å². The number of phenolic OH excluding ortho intramolecular Hbond substituents is 2. The monoisotopic (exact) mass is 608 g/mol. The largest absolute Gasteiger partial charge is 0.505 e. The van der Waals surface area contributed by atoms with Crippen LogP contribution in [0.1, 0.15) is 27.9 Å². The second kappa shape index (κ2) is 10.9. The van der Waals surface area contributed by atoms with Gasteiger partial charge in [0.25, 0.3) is 0 Å². The molecule has 0 heterocycles. The Hall–Kier alpha value is -4.49. The minimum Gasteiger partial charge on any atom is -0.505 e. The van der Waals surface area contributed by atoms with Crippen LogP contribution in [0.2, 0.25) is 0 Å². The van der Waals surface area contributed by atoms with E-state index in [0.29, 0.717) is 22.6 Å². The van der Waals surface area contributed by atoms with Crippen LogP contribution in [0.5, 0.6) is 17.2 Å². The van der Waals surface area contributed by atoms with Crippen LogP contribution in [0, 0.1) is 23.7 Å². The van der Waals surface area contributed by atoms with Gasteiger partial charge in [0.1, 0.15) is 5.75 Å². The highest BCUT2D eigenvalue weighted by atomic mass is 16.5. The number of Topliss-reactive ketones (excluding diaryl/α,β-unsaturated/α-hetero) is 4. The molecule has 13 heteroatoms. The summed E-state index contributed by atoms with van der Waals surface area (Å²) in [4.78, 5) is 70.4. The summed E-state index contributed by atoms with van der Waals surface area (Å²) in [5, 5.41) is 36.4. The predicted molar refractivity (Wildman–Crippen MR) is 158 cm³/mol. The molecule has 0 spiro atoms. The van der Waals surface area contributed by atoms with E-state index in [4.69, 9.17) is 10.5 Å². The van der Waals surface area contributed by atoms with Gasteiger partial charge in [0.15, 0.2) is 46.2 Å². The lowest BCUT2D eigenvalue weighted by Gasteiger charge is -2.52. The number of ketones is 4. The maximum absolute atomic E-state index is 14.2. The van der Waals surface area contributed by atoms with Crippen molar-refractivity contribution in [1.82, 2.24) is 4.90 Å². The first kappa shape index (κ1) is 31.0. The van der Waals surface area contributed by atoms with Crippen molar-refractivity contribution in [3.63, 3.8) is 0 Å². The number of carbonyl (C=O) groups excluding carboxylic acids is 5. The van der Waals surface area contributed by atoms with Crippen LogP contribution in [0.4, 0.5) is 11.4 Å². The van der Waals surface area contributed by atoms with Gasteiger partial charge in [-0.3, -0.25) is 28.9 Å². The van der Waals surface area contributed by atoms with E-state index < -0.39 is 70.1 Å². The van der Waals surface area contributed by atoms with Gasteiger partial charge in [-0.05, 0) is 62.2 Å². The first-order valence-corrected chi connectivity index (χ1v) is 14.2. The van der Waals surface area contributed by atoms with E-state index in [1.165, 1.54) is 18.1 Å². The quantitative estimate of drug-likeness (QED) is 0.212. The third-order valence-corrected chi connectivity index (χ3v) is 9.25. The zero-order valence-electron chi connectivity index (χ0n) is 25.1. The number of amides is 1. The number of nitrogens with zero attached hydrogens (tertiary/aromatic N) is 2. The number of hydrogen-bond acceptors (Lipinski definition) is 12. The molecule has 0 saturated heterocycles. The molecule has 2 aromatic carbocycles. The van der Waals surface area contributed by atoms with Crippen LogP contribution in [0.3, 0.4) is 0 Å². The number of hydrogen-bond donors (Lipinski definition) is 5. The molecule has 3 aliphatic carbocycles. The Bertz CT molecular complexity index is 1600. The Balaban J connectivity index is 1.57. The lowest BCUT2D eigenvalue weighted by atomic mass is 9.52. The molecule has 2 aromatic rings. The van der Waals surface area contributed by atoms with E-state index in [2.05, 4.69) is 5.32 Å². The number of nitrogens with one attached hydrogen (secondary N) is 1. The zero-order valence-corrected chi connectivity index (χ0v) is 25.1. The molecule has 0 radical (unpaired) electrons. The lowest BCUT2D eigenvalue weighted by Crippen LogP contribution is -2.74. The average Bonchev–Trinajstić information content (AvgIpc) is 2.94. The molecule has 0 aliphatic heterocycles. The molecule has 2 fully saturated rings. The first-order valence-electron chi connectivity index (χ1n) is 14.2. The van der Waals surface area contributed by atoms with Crippen molar-refractivity contribution in [3.05, 3.63) is 41.0 Å². The highest BCUT2D eigenvalue weighted by Crippen LogP contribution is 2.52. The number of rotatable bonds is 7. The fraction of sp³-hybridized carbons (Fsp3) is 0.452. The summed E-state index contributed by atoms with van der Waals surface area (Å²) in [6.07, 6.45) is 0.123. The molecule has 13 nitrogen and oxygen atoms in total. The second-order valence-corrected chi connectivity index (χ2v) is 12.2. The Morgan fingerprint density at radius 2 is 1.77 bits per heavy atom. The van der Waals surface area contributed by atoms with Gasteiger partial charge in [0, 0.05) is 32.2 Å². The number of fused-ring (bicyclic) bond motifs is 3. The number of aromatic hydroxyl groups is 2. The van der Waals surface area contributed by atoms with Gasteiger partial charge in [0.05, 0.1) is 30.3 Å². The lowest BCUT2D eigenvalue weighted by molar-refractivity contribution is -0.181. The summed E-state index contributed by atoms with van der Waals surface area (Å²) < 4.78 is 5.08. The van der Waals surface area contributed by atoms with Gasteiger partial charge in [-0.15, -0.1) is 0 Å². The van der Waals surface area contributed by atoms with E-state index >= 15 is 0 Å². The van der Waals surface area contributed by atoms with E-state index in [1.54, 1.807) is 51.3 Å². The first-order chi connectivity index (χ1) is 20.6. The normalized spacial score (nSPS) is 27.8. The van der Waals surface area contributed by atoms with Crippen molar-refractivity contribution in [1.29, 1.82) is 0 Å². The Morgan fingerprint density at radius 3 is 2.34 bits per heavy atom. The van der Waals surface area contributed by atoms with Crippen molar-refractivity contribution in [3.8, 4) is 17.2 Å². The number of aliphatic hydroxyl groups is 1. The molecule has 44 heavy (non-hydrogen) atoms. The molecule has 0 bridgehead atoms. The maximum atomic E-state index is 14.2. The third kappa shape index (κ3) is 4.49. The van der Waals surface area contributed by atoms with E-state index in [0.717, 1.165) is 0 Å². The number of ether oxygens (including phenoxy) is 1. The zero-order chi connectivity index (χ0) is 32.4. The summed E-state index contributed by atoms with van der Waals surface area (Å²) in [5.41, 5.74) is 4.42. The fourth-order valence-corrected chi connectivity index (χ4v) is 7.23. The van der Waals surface area contributed by atoms with Crippen molar-refractivity contribution < 1.29 is 44.0 Å². The third-order valence-electron chi connectivity index (χ3n) is 9.25. The minimum absolute atomic E-state index is 0.0293. The van der Waals surface area contributed by atoms with E-state index in [-0.39, 0.29) is 36.4 Å². The second-order valence-electron chi connectivity index (χ2n) is 12.2. The molecule has 234 valence electrons. The van der Waals surface area contributed by atoms with Gasteiger partial charge in [0.2, 0.25) is 5.91 Å². The van der Waals surface area contributed by atoms with E-state index in [9.17, 15) is 39.3 Å². The van der Waals surface area contributed by atoms with Crippen LogP contribution >= 0.6 is 0 Å². The molecule has 6 unspecified atom stereocenters. The molecule has 0 aromatic heterocycles. The summed E-state index contributed by atoms with van der Waals surface area (Å²) >= 11 is 0. The number of nitrogens with two attached hydrogens (primary N) is 1. The van der Waals surface area contributed by atoms with Crippen LogP contribution in [-0.2, 0) is 32.1 Å². The fourth-order valence-electron chi connectivity index (χ4n) is 7.23. The molecule has 6 N–H and O–H groups in total. The molecule has 1 amide bonds. The molecule has 2 saturated carbocycles. The predicted octanol–water partition coefficient (Wildman–Crippen LogP) is 0.259. The maximum Gasteiger partial charge on any atom is 0.235 e. The molecule has 5 rings (SSSR count). The SMILES string of the molecule is COc1ccc(CNc2cc(N(C)C)c3c(c2O)C(=O)C2C(=O)C4(O)C(=O)C(C(N)=O)C(=O)C(N(C)C)C4CC2C3)cc1O. The molecule has 6 atom stereocenters. The Labute approximate surface area is 253 Å². The summed E-state index contributed by atoms with van der Waals surface area (Å²) in [6.45, 7) is 0.153. The molecular weight excluding hydrogens is 572 g/mol. The van der Waals surface area contributed by atoms with Crippen LogP contribution in [0.15, 0.2) is 24.3 Å². The molecular formula is C31H36N4O9. The Kier molecular flexibility index (Phi) is 7.67. The van der Waals surface area contributed by atoms with Crippen LogP contribution in [0.25, 0.3) is 0 Å². The van der Waals surface area contributed by atoms with Crippen molar-refractivity contribution in [2.45, 2.75) is 31.0 Å². The number of benzene rings is 2. The topological polar surface area (TPSA) is 200 Å². The molecule has 3 aliphatic rings. The van der Waals surface area contributed by atoms with Crippen molar-refractivity contribution in [2.24, 2.45) is 29.4 Å². The number of methoxy groups -OCH3 is 1. The van der Waals surface area contributed by atoms with Gasteiger partial charge >= 0.3 is 0 Å². The van der Waals surface area contributed by atoms with E-state index in [1.807, 2.05) is 0 Å². The number of primary amides is 1. The summed E-state index contributed by atoms with van der Waals surface area (Å²) in [5.74, 6) is -10.8. The number of carbonyl (C=O) groups is 5. The van der Waals surface area contributed by atoms with Gasteiger partial charge in [-0.25, -0.2) is 0 Å².